The second-order valence-electron chi connectivity index (χ2n) is 4.01. The fourth-order valence-electron chi connectivity index (χ4n) is 1.71. The zero-order valence-electron chi connectivity index (χ0n) is 11.6. The summed E-state index contributed by atoms with van der Waals surface area (Å²) in [4.78, 5) is 22.0. The van der Waals surface area contributed by atoms with E-state index in [4.69, 9.17) is 14.2 Å². The molecule has 0 amide bonds. The zero-order valence-corrected chi connectivity index (χ0v) is 11.6. The lowest BCUT2D eigenvalue weighted by Crippen LogP contribution is -2.08. The van der Waals surface area contributed by atoms with Gasteiger partial charge in [-0.05, 0) is 24.1 Å². The van der Waals surface area contributed by atoms with Crippen LogP contribution in [0.15, 0.2) is 18.2 Å². The molecule has 1 rings (SSSR count). The van der Waals surface area contributed by atoms with Crippen molar-refractivity contribution in [2.75, 3.05) is 7.11 Å². The van der Waals surface area contributed by atoms with Crippen LogP contribution >= 0.6 is 0 Å². The van der Waals surface area contributed by atoms with Crippen LogP contribution in [0.2, 0.25) is 0 Å². The van der Waals surface area contributed by atoms with Crippen molar-refractivity contribution in [3.05, 3.63) is 23.8 Å². The largest absolute Gasteiger partial charge is 0.493 e. The van der Waals surface area contributed by atoms with Gasteiger partial charge in [0.15, 0.2) is 11.5 Å². The van der Waals surface area contributed by atoms with Gasteiger partial charge in [-0.1, -0.05) is 13.0 Å². The van der Waals surface area contributed by atoms with Gasteiger partial charge in [0.05, 0.1) is 7.11 Å². The van der Waals surface area contributed by atoms with Gasteiger partial charge in [0, 0.05) is 13.8 Å². The highest BCUT2D eigenvalue weighted by molar-refractivity contribution is 5.70. The fraction of sp³-hybridized carbons (Fsp3) is 0.429. The van der Waals surface area contributed by atoms with E-state index < -0.39 is 5.97 Å². The molecular weight excluding hydrogens is 248 g/mol. The van der Waals surface area contributed by atoms with E-state index in [1.807, 2.05) is 6.92 Å². The van der Waals surface area contributed by atoms with Crippen molar-refractivity contribution < 1.29 is 23.8 Å². The molecule has 1 atom stereocenters. The first-order valence-electron chi connectivity index (χ1n) is 6.01. The van der Waals surface area contributed by atoms with E-state index in [2.05, 4.69) is 0 Å². The number of ether oxygens (including phenoxy) is 3. The van der Waals surface area contributed by atoms with E-state index in [-0.39, 0.29) is 12.1 Å². The molecule has 0 saturated carbocycles. The molecule has 0 fully saturated rings. The highest BCUT2D eigenvalue weighted by atomic mass is 16.6. The summed E-state index contributed by atoms with van der Waals surface area (Å²) in [5.41, 5.74) is 0.797. The van der Waals surface area contributed by atoms with Crippen LogP contribution in [0, 0.1) is 0 Å². The molecule has 1 aromatic rings. The van der Waals surface area contributed by atoms with Gasteiger partial charge in [-0.2, -0.15) is 0 Å². The van der Waals surface area contributed by atoms with Crippen LogP contribution in [0.5, 0.6) is 11.5 Å². The molecule has 0 aliphatic carbocycles. The number of hydrogen-bond acceptors (Lipinski definition) is 5. The summed E-state index contributed by atoms with van der Waals surface area (Å²) < 4.78 is 15.4. The fourth-order valence-corrected chi connectivity index (χ4v) is 1.71. The lowest BCUT2D eigenvalue weighted by Gasteiger charge is -2.17. The Morgan fingerprint density at radius 2 is 1.84 bits per heavy atom. The first kappa shape index (κ1) is 15.0. The average molecular weight is 266 g/mol. The number of carbonyl (C=O) groups is 2. The Bertz CT molecular complexity index is 467. The Hall–Kier alpha value is -2.04. The van der Waals surface area contributed by atoms with E-state index in [0.29, 0.717) is 17.9 Å². The second-order valence-corrected chi connectivity index (χ2v) is 4.01. The van der Waals surface area contributed by atoms with Crippen LogP contribution < -0.4 is 9.47 Å². The standard InChI is InChI=1S/C14H18O5/c1-5-12(18-9(2)15)11-6-7-13(19-10(3)16)14(8-11)17-4/h6-8,12H,5H2,1-4H3. The third-order valence-corrected chi connectivity index (χ3v) is 2.49. The number of carbonyl (C=O) groups excluding carboxylic acids is 2. The Morgan fingerprint density at radius 3 is 2.32 bits per heavy atom. The lowest BCUT2D eigenvalue weighted by atomic mass is 10.1. The molecule has 0 aromatic heterocycles. The lowest BCUT2D eigenvalue weighted by molar-refractivity contribution is -0.146. The van der Waals surface area contributed by atoms with E-state index in [1.54, 1.807) is 18.2 Å². The molecule has 0 saturated heterocycles. The molecule has 0 N–H and O–H groups in total. The van der Waals surface area contributed by atoms with E-state index >= 15 is 0 Å². The Labute approximate surface area is 112 Å². The smallest absolute Gasteiger partial charge is 0.308 e. The number of rotatable bonds is 5. The molecule has 0 aliphatic rings. The van der Waals surface area contributed by atoms with Crippen LogP contribution in [-0.4, -0.2) is 19.0 Å². The van der Waals surface area contributed by atoms with Crippen molar-refractivity contribution in [2.45, 2.75) is 33.3 Å². The van der Waals surface area contributed by atoms with Crippen LogP contribution in [0.3, 0.4) is 0 Å². The zero-order chi connectivity index (χ0) is 14.4. The van der Waals surface area contributed by atoms with Crippen LogP contribution in [0.25, 0.3) is 0 Å². The molecule has 0 bridgehead atoms. The van der Waals surface area contributed by atoms with Crippen molar-refractivity contribution in [3.63, 3.8) is 0 Å². The minimum Gasteiger partial charge on any atom is -0.493 e. The number of hydrogen-bond donors (Lipinski definition) is 0. The Kier molecular flexibility index (Phi) is 5.36. The summed E-state index contributed by atoms with van der Waals surface area (Å²) in [6.07, 6.45) is 0.313. The predicted molar refractivity (Wildman–Crippen MR) is 69.1 cm³/mol. The SMILES string of the molecule is CCC(OC(C)=O)c1ccc(OC(C)=O)c(OC)c1. The van der Waals surface area contributed by atoms with Crippen LogP contribution in [0.1, 0.15) is 38.9 Å². The predicted octanol–water partition coefficient (Wildman–Crippen LogP) is 2.63. The van der Waals surface area contributed by atoms with Crippen molar-refractivity contribution in [1.29, 1.82) is 0 Å². The van der Waals surface area contributed by atoms with Gasteiger partial charge < -0.3 is 14.2 Å². The molecule has 5 heteroatoms. The number of benzene rings is 1. The topological polar surface area (TPSA) is 61.8 Å². The van der Waals surface area contributed by atoms with Crippen LogP contribution in [0.4, 0.5) is 0 Å². The maximum Gasteiger partial charge on any atom is 0.308 e. The quantitative estimate of drug-likeness (QED) is 0.605. The number of esters is 2. The summed E-state index contributed by atoms with van der Waals surface area (Å²) in [5.74, 6) is 0.0164. The third-order valence-electron chi connectivity index (χ3n) is 2.49. The highest BCUT2D eigenvalue weighted by Crippen LogP contribution is 2.32. The van der Waals surface area contributed by atoms with Crippen LogP contribution in [-0.2, 0) is 14.3 Å². The van der Waals surface area contributed by atoms with Gasteiger partial charge in [0.25, 0.3) is 0 Å². The molecule has 0 spiro atoms. The van der Waals surface area contributed by atoms with E-state index in [0.717, 1.165) is 5.56 Å². The molecule has 0 aliphatic heterocycles. The van der Waals surface area contributed by atoms with Crippen molar-refractivity contribution >= 4 is 11.9 Å². The minimum absolute atomic E-state index is 0.335. The van der Waals surface area contributed by atoms with Crippen molar-refractivity contribution in [2.24, 2.45) is 0 Å². The molecule has 19 heavy (non-hydrogen) atoms. The van der Waals surface area contributed by atoms with E-state index in [1.165, 1.54) is 21.0 Å². The maximum atomic E-state index is 11.0. The van der Waals surface area contributed by atoms with Gasteiger partial charge in [0.1, 0.15) is 6.10 Å². The third kappa shape index (κ3) is 4.28. The minimum atomic E-state index is -0.418. The van der Waals surface area contributed by atoms with Crippen molar-refractivity contribution in [1.82, 2.24) is 0 Å². The summed E-state index contributed by atoms with van der Waals surface area (Å²) in [5, 5.41) is 0. The monoisotopic (exact) mass is 266 g/mol. The Balaban J connectivity index is 3.03. The maximum absolute atomic E-state index is 11.0. The Morgan fingerprint density at radius 1 is 1.16 bits per heavy atom. The second kappa shape index (κ2) is 6.78. The summed E-state index contributed by atoms with van der Waals surface area (Å²) in [6, 6.07) is 5.08. The summed E-state index contributed by atoms with van der Waals surface area (Å²) in [7, 11) is 1.49. The van der Waals surface area contributed by atoms with Gasteiger partial charge in [-0.3, -0.25) is 9.59 Å². The van der Waals surface area contributed by atoms with Gasteiger partial charge >= 0.3 is 11.9 Å². The molecule has 1 aromatic carbocycles. The molecule has 104 valence electrons. The first-order chi connectivity index (χ1) is 8.97. The molecule has 5 nitrogen and oxygen atoms in total. The van der Waals surface area contributed by atoms with Crippen molar-refractivity contribution in [3.8, 4) is 11.5 Å². The first-order valence-corrected chi connectivity index (χ1v) is 6.01. The van der Waals surface area contributed by atoms with E-state index in [9.17, 15) is 9.59 Å². The summed E-state index contributed by atoms with van der Waals surface area (Å²) in [6.45, 7) is 4.61. The van der Waals surface area contributed by atoms with Gasteiger partial charge in [-0.15, -0.1) is 0 Å². The summed E-state index contributed by atoms with van der Waals surface area (Å²) >= 11 is 0. The van der Waals surface area contributed by atoms with Gasteiger partial charge in [0.2, 0.25) is 0 Å². The van der Waals surface area contributed by atoms with Gasteiger partial charge in [-0.25, -0.2) is 0 Å². The number of methoxy groups -OCH3 is 1. The molecular formula is C14H18O5. The normalized spacial score (nSPS) is 11.6. The highest BCUT2D eigenvalue weighted by Gasteiger charge is 2.16. The molecule has 1 unspecified atom stereocenters. The molecule has 0 heterocycles. The average Bonchev–Trinajstić information content (AvgIpc) is 2.35. The molecule has 0 radical (unpaired) electrons.